The summed E-state index contributed by atoms with van der Waals surface area (Å²) >= 11 is 0. The van der Waals surface area contributed by atoms with Gasteiger partial charge in [-0.05, 0) is 57.6 Å². The lowest BCUT2D eigenvalue weighted by Gasteiger charge is -2.34. The number of rotatable bonds is 6. The minimum absolute atomic E-state index is 0.0666. The first kappa shape index (κ1) is 19.2. The monoisotopic (exact) mass is 348 g/mol. The number of hydrogen-bond acceptors (Lipinski definition) is 6. The molecule has 6 nitrogen and oxygen atoms in total. The summed E-state index contributed by atoms with van der Waals surface area (Å²) in [6.45, 7) is 2.29. The van der Waals surface area contributed by atoms with Crippen molar-refractivity contribution >= 4 is 0 Å². The predicted octanol–water partition coefficient (Wildman–Crippen LogP) is 1.39. The second kappa shape index (κ2) is 7.41. The first-order valence-corrected chi connectivity index (χ1v) is 7.94. The van der Waals surface area contributed by atoms with Gasteiger partial charge < -0.3 is 30.6 Å². The van der Waals surface area contributed by atoms with Crippen LogP contribution >= 0.6 is 0 Å². The van der Waals surface area contributed by atoms with E-state index in [0.717, 1.165) is 0 Å². The van der Waals surface area contributed by atoms with Crippen molar-refractivity contribution in [2.24, 2.45) is 0 Å². The van der Waals surface area contributed by atoms with E-state index in [2.05, 4.69) is 0 Å². The molecule has 0 bridgehead atoms. The smallest absolute Gasteiger partial charge is 0.116 e. The molecular formula is C19H24O6. The fraction of sp³-hybridized carbons (Fsp3) is 0.368. The van der Waals surface area contributed by atoms with Crippen LogP contribution in [0.25, 0.3) is 0 Å². The minimum Gasteiger partial charge on any atom is -0.508 e. The van der Waals surface area contributed by atoms with Crippen LogP contribution in [-0.2, 0) is 31.8 Å². The highest BCUT2D eigenvalue weighted by molar-refractivity contribution is 5.55. The molecule has 0 spiro atoms. The molecule has 136 valence electrons. The molecule has 0 aliphatic heterocycles. The maximum atomic E-state index is 9.82. The Morgan fingerprint density at radius 3 is 1.04 bits per heavy atom. The van der Waals surface area contributed by atoms with E-state index >= 15 is 0 Å². The van der Waals surface area contributed by atoms with Gasteiger partial charge in [-0.2, -0.15) is 0 Å². The molecule has 6 heteroatoms. The first-order valence-electron chi connectivity index (χ1n) is 7.94. The lowest BCUT2D eigenvalue weighted by atomic mass is 9.70. The summed E-state index contributed by atoms with van der Waals surface area (Å²) in [6.07, 6.45) is 0. The molecule has 0 aliphatic rings. The fourth-order valence-corrected chi connectivity index (χ4v) is 3.73. The molecule has 0 amide bonds. The minimum atomic E-state index is -0.826. The van der Waals surface area contributed by atoms with Crippen molar-refractivity contribution in [2.45, 2.75) is 45.7 Å². The van der Waals surface area contributed by atoms with Crippen LogP contribution in [0.15, 0.2) is 24.3 Å². The quantitative estimate of drug-likeness (QED) is 0.469. The molecule has 0 saturated heterocycles. The number of aromatic hydroxyl groups is 2. The average Bonchev–Trinajstić information content (AvgIpc) is 2.59. The molecule has 0 aromatic heterocycles. The van der Waals surface area contributed by atoms with Gasteiger partial charge in [-0.3, -0.25) is 0 Å². The van der Waals surface area contributed by atoms with Crippen molar-refractivity contribution in [3.8, 4) is 11.5 Å². The molecule has 2 rings (SSSR count). The van der Waals surface area contributed by atoms with Gasteiger partial charge >= 0.3 is 0 Å². The summed E-state index contributed by atoms with van der Waals surface area (Å²) in [5, 5.41) is 58.6. The third-order valence-corrected chi connectivity index (χ3v) is 4.50. The fourth-order valence-electron chi connectivity index (χ4n) is 3.73. The van der Waals surface area contributed by atoms with Gasteiger partial charge in [0.1, 0.15) is 11.5 Å². The van der Waals surface area contributed by atoms with Crippen LogP contribution < -0.4 is 0 Å². The molecular weight excluding hydrogens is 324 g/mol. The zero-order valence-corrected chi connectivity index (χ0v) is 14.3. The molecule has 2 aromatic carbocycles. The van der Waals surface area contributed by atoms with Crippen LogP contribution in [0.5, 0.6) is 11.5 Å². The van der Waals surface area contributed by atoms with Crippen LogP contribution in [-0.4, -0.2) is 30.6 Å². The van der Waals surface area contributed by atoms with Crippen LogP contribution in [0, 0.1) is 0 Å². The molecule has 0 aliphatic carbocycles. The summed E-state index contributed by atoms with van der Waals surface area (Å²) in [4.78, 5) is 0. The Labute approximate surface area is 146 Å². The SMILES string of the molecule is CC(C)(c1c(CO)cc(O)cc1CO)c1c(CO)cc(O)cc1CO. The largest absolute Gasteiger partial charge is 0.508 e. The van der Waals surface area contributed by atoms with Crippen LogP contribution in [0.2, 0.25) is 0 Å². The van der Waals surface area contributed by atoms with Crippen molar-refractivity contribution < 1.29 is 30.6 Å². The summed E-state index contributed by atoms with van der Waals surface area (Å²) in [7, 11) is 0. The number of benzene rings is 2. The summed E-state index contributed by atoms with van der Waals surface area (Å²) in [5.41, 5.74) is 2.14. The van der Waals surface area contributed by atoms with E-state index in [1.165, 1.54) is 24.3 Å². The van der Waals surface area contributed by atoms with Crippen LogP contribution in [0.4, 0.5) is 0 Å². The zero-order chi connectivity index (χ0) is 18.8. The van der Waals surface area contributed by atoms with Crippen molar-refractivity contribution in [1.82, 2.24) is 0 Å². The highest BCUT2D eigenvalue weighted by Gasteiger charge is 2.33. The average molecular weight is 348 g/mol. The van der Waals surface area contributed by atoms with E-state index in [1.807, 2.05) is 13.8 Å². The molecule has 25 heavy (non-hydrogen) atoms. The lowest BCUT2D eigenvalue weighted by Crippen LogP contribution is -2.27. The number of phenols is 2. The van der Waals surface area contributed by atoms with Gasteiger partial charge in [-0.15, -0.1) is 0 Å². The standard InChI is InChI=1S/C19H24O6/c1-19(2,17-11(7-20)3-15(24)4-12(17)8-21)18-13(9-22)5-16(25)6-14(18)10-23/h3-6,20-25H,7-10H2,1-2H3. The van der Waals surface area contributed by atoms with E-state index in [-0.39, 0.29) is 37.9 Å². The van der Waals surface area contributed by atoms with E-state index in [9.17, 15) is 30.6 Å². The molecule has 0 heterocycles. The Balaban J connectivity index is 2.84. The zero-order valence-electron chi connectivity index (χ0n) is 14.3. The second-order valence-electron chi connectivity index (χ2n) is 6.54. The summed E-state index contributed by atoms with van der Waals surface area (Å²) in [6, 6.07) is 5.70. The molecule has 0 radical (unpaired) electrons. The molecule has 0 unspecified atom stereocenters. The highest BCUT2D eigenvalue weighted by Crippen LogP contribution is 2.42. The number of aliphatic hydroxyl groups is 4. The van der Waals surface area contributed by atoms with E-state index < -0.39 is 5.41 Å². The Hall–Kier alpha value is -2.12. The maximum Gasteiger partial charge on any atom is 0.116 e. The van der Waals surface area contributed by atoms with Gasteiger partial charge in [-0.1, -0.05) is 13.8 Å². The molecule has 2 aromatic rings. The van der Waals surface area contributed by atoms with Crippen LogP contribution in [0.3, 0.4) is 0 Å². The van der Waals surface area contributed by atoms with Gasteiger partial charge in [0.25, 0.3) is 0 Å². The van der Waals surface area contributed by atoms with Gasteiger partial charge in [0, 0.05) is 5.41 Å². The Morgan fingerprint density at radius 1 is 0.600 bits per heavy atom. The van der Waals surface area contributed by atoms with E-state index in [0.29, 0.717) is 33.4 Å². The first-order chi connectivity index (χ1) is 11.8. The lowest BCUT2D eigenvalue weighted by molar-refractivity contribution is 0.263. The Bertz CT molecular complexity index is 653. The number of aliphatic hydroxyl groups excluding tert-OH is 4. The van der Waals surface area contributed by atoms with Crippen LogP contribution in [0.1, 0.15) is 47.2 Å². The molecule has 0 saturated carbocycles. The van der Waals surface area contributed by atoms with Gasteiger partial charge in [0.2, 0.25) is 0 Å². The predicted molar refractivity (Wildman–Crippen MR) is 92.0 cm³/mol. The maximum absolute atomic E-state index is 9.82. The second-order valence-corrected chi connectivity index (χ2v) is 6.54. The van der Waals surface area contributed by atoms with Crippen molar-refractivity contribution in [1.29, 1.82) is 0 Å². The summed E-state index contributed by atoms with van der Waals surface area (Å²) in [5.74, 6) is -0.133. The third-order valence-electron chi connectivity index (χ3n) is 4.50. The molecule has 0 fully saturated rings. The Kier molecular flexibility index (Phi) is 5.69. The van der Waals surface area contributed by atoms with Crippen molar-refractivity contribution in [3.05, 3.63) is 57.6 Å². The van der Waals surface area contributed by atoms with Gasteiger partial charge in [-0.25, -0.2) is 0 Å². The normalized spacial score (nSPS) is 11.8. The van der Waals surface area contributed by atoms with Crippen molar-refractivity contribution in [2.75, 3.05) is 0 Å². The Morgan fingerprint density at radius 2 is 0.840 bits per heavy atom. The van der Waals surface area contributed by atoms with Gasteiger partial charge in [0.05, 0.1) is 26.4 Å². The van der Waals surface area contributed by atoms with Crippen molar-refractivity contribution in [3.63, 3.8) is 0 Å². The highest BCUT2D eigenvalue weighted by atomic mass is 16.3. The van der Waals surface area contributed by atoms with E-state index in [1.54, 1.807) is 0 Å². The third kappa shape index (κ3) is 3.48. The van der Waals surface area contributed by atoms with E-state index in [4.69, 9.17) is 0 Å². The molecule has 0 atom stereocenters. The molecule has 6 N–H and O–H groups in total. The number of phenolic OH excluding ortho intramolecular Hbond substituents is 2. The topological polar surface area (TPSA) is 121 Å². The summed E-state index contributed by atoms with van der Waals surface area (Å²) < 4.78 is 0. The number of hydrogen-bond donors (Lipinski definition) is 6. The van der Waals surface area contributed by atoms with Gasteiger partial charge in [0.15, 0.2) is 0 Å².